The SMILES string of the molecule is CCC(CNC(=O)[C@H](C)N)Oc1cccc(C)c1.Cl. The average Bonchev–Trinajstić information content (AvgIpc) is 2.33. The lowest BCUT2D eigenvalue weighted by atomic mass is 10.2. The minimum absolute atomic E-state index is 0. The zero-order chi connectivity index (χ0) is 13.5. The summed E-state index contributed by atoms with van der Waals surface area (Å²) >= 11 is 0. The summed E-state index contributed by atoms with van der Waals surface area (Å²) in [6.45, 7) is 6.19. The minimum atomic E-state index is -0.485. The van der Waals surface area contributed by atoms with Crippen molar-refractivity contribution >= 4 is 18.3 Å². The van der Waals surface area contributed by atoms with Gasteiger partial charge in [0.25, 0.3) is 0 Å². The molecule has 5 heteroatoms. The van der Waals surface area contributed by atoms with E-state index in [9.17, 15) is 4.79 Å². The van der Waals surface area contributed by atoms with Crippen LogP contribution < -0.4 is 15.8 Å². The highest BCUT2D eigenvalue weighted by molar-refractivity contribution is 5.85. The Kier molecular flexibility index (Phi) is 8.19. The molecule has 0 aromatic heterocycles. The van der Waals surface area contributed by atoms with E-state index >= 15 is 0 Å². The molecule has 1 rings (SSSR count). The monoisotopic (exact) mass is 286 g/mol. The van der Waals surface area contributed by atoms with Gasteiger partial charge >= 0.3 is 0 Å². The number of ether oxygens (including phenoxy) is 1. The van der Waals surface area contributed by atoms with Crippen LogP contribution in [0.15, 0.2) is 24.3 Å². The third kappa shape index (κ3) is 6.45. The van der Waals surface area contributed by atoms with E-state index in [1.807, 2.05) is 38.1 Å². The van der Waals surface area contributed by atoms with Gasteiger partial charge in [-0.05, 0) is 38.0 Å². The Labute approximate surface area is 121 Å². The molecule has 0 radical (unpaired) electrons. The van der Waals surface area contributed by atoms with Crippen LogP contribution in [0, 0.1) is 6.92 Å². The van der Waals surface area contributed by atoms with Crippen molar-refractivity contribution in [2.75, 3.05) is 6.54 Å². The van der Waals surface area contributed by atoms with Gasteiger partial charge in [-0.1, -0.05) is 19.1 Å². The van der Waals surface area contributed by atoms with Crippen molar-refractivity contribution in [1.29, 1.82) is 0 Å². The Bertz CT molecular complexity index is 397. The lowest BCUT2D eigenvalue weighted by molar-refractivity contribution is -0.122. The van der Waals surface area contributed by atoms with Gasteiger partial charge < -0.3 is 15.8 Å². The van der Waals surface area contributed by atoms with E-state index in [0.29, 0.717) is 6.54 Å². The van der Waals surface area contributed by atoms with Gasteiger partial charge in [0.1, 0.15) is 11.9 Å². The van der Waals surface area contributed by atoms with E-state index < -0.39 is 6.04 Å². The maximum Gasteiger partial charge on any atom is 0.236 e. The molecule has 0 saturated heterocycles. The van der Waals surface area contributed by atoms with Crippen molar-refractivity contribution in [2.45, 2.75) is 39.3 Å². The lowest BCUT2D eigenvalue weighted by Gasteiger charge is -2.19. The first-order chi connectivity index (χ1) is 8.52. The predicted octanol–water partition coefficient (Wildman–Crippen LogP) is 2.04. The first-order valence-electron chi connectivity index (χ1n) is 6.29. The normalized spacial score (nSPS) is 13.1. The molecule has 4 nitrogen and oxygen atoms in total. The fraction of sp³-hybridized carbons (Fsp3) is 0.500. The van der Waals surface area contributed by atoms with Crippen LogP contribution in [0.4, 0.5) is 0 Å². The highest BCUT2D eigenvalue weighted by Crippen LogP contribution is 2.15. The average molecular weight is 287 g/mol. The molecule has 0 bridgehead atoms. The largest absolute Gasteiger partial charge is 0.489 e. The minimum Gasteiger partial charge on any atom is -0.489 e. The van der Waals surface area contributed by atoms with E-state index in [2.05, 4.69) is 5.32 Å². The molecule has 1 amide bonds. The number of halogens is 1. The summed E-state index contributed by atoms with van der Waals surface area (Å²) in [7, 11) is 0. The zero-order valence-corrected chi connectivity index (χ0v) is 12.5. The number of nitrogens with one attached hydrogen (secondary N) is 1. The highest BCUT2D eigenvalue weighted by Gasteiger charge is 2.12. The number of hydrogen-bond donors (Lipinski definition) is 2. The third-order valence-electron chi connectivity index (χ3n) is 2.67. The topological polar surface area (TPSA) is 64.4 Å². The van der Waals surface area contributed by atoms with E-state index in [0.717, 1.165) is 17.7 Å². The van der Waals surface area contributed by atoms with Crippen molar-refractivity contribution in [3.8, 4) is 5.75 Å². The molecular weight excluding hydrogens is 264 g/mol. The Morgan fingerprint density at radius 2 is 2.16 bits per heavy atom. The summed E-state index contributed by atoms with van der Waals surface area (Å²) in [5.74, 6) is 0.679. The highest BCUT2D eigenvalue weighted by atomic mass is 35.5. The first kappa shape index (κ1) is 17.7. The number of rotatable bonds is 6. The molecule has 3 N–H and O–H groups in total. The van der Waals surface area contributed by atoms with Crippen LogP contribution >= 0.6 is 12.4 Å². The van der Waals surface area contributed by atoms with Crippen LogP contribution in [-0.2, 0) is 4.79 Å². The molecule has 1 aromatic rings. The smallest absolute Gasteiger partial charge is 0.236 e. The summed E-state index contributed by atoms with van der Waals surface area (Å²) in [6.07, 6.45) is 0.794. The summed E-state index contributed by atoms with van der Waals surface area (Å²) in [4.78, 5) is 11.4. The van der Waals surface area contributed by atoms with Gasteiger partial charge in [-0.2, -0.15) is 0 Å². The number of hydrogen-bond acceptors (Lipinski definition) is 3. The van der Waals surface area contributed by atoms with Gasteiger partial charge in [0.15, 0.2) is 0 Å². The molecular formula is C14H23ClN2O2. The van der Waals surface area contributed by atoms with E-state index in [-0.39, 0.29) is 24.4 Å². The number of benzene rings is 1. The van der Waals surface area contributed by atoms with Gasteiger partial charge in [-0.15, -0.1) is 12.4 Å². The van der Waals surface area contributed by atoms with Crippen molar-refractivity contribution in [2.24, 2.45) is 5.73 Å². The van der Waals surface area contributed by atoms with Gasteiger partial charge in [0.05, 0.1) is 12.6 Å². The fourth-order valence-electron chi connectivity index (χ4n) is 1.53. The second-order valence-corrected chi connectivity index (χ2v) is 4.50. The van der Waals surface area contributed by atoms with E-state index in [1.165, 1.54) is 0 Å². The third-order valence-corrected chi connectivity index (χ3v) is 2.67. The lowest BCUT2D eigenvalue weighted by Crippen LogP contribution is -2.42. The van der Waals surface area contributed by atoms with Crippen LogP contribution in [-0.4, -0.2) is 24.6 Å². The number of nitrogens with two attached hydrogens (primary N) is 1. The molecule has 19 heavy (non-hydrogen) atoms. The molecule has 0 spiro atoms. The molecule has 1 aromatic carbocycles. The Hall–Kier alpha value is -1.26. The molecule has 0 aliphatic heterocycles. The predicted molar refractivity (Wildman–Crippen MR) is 79.8 cm³/mol. The second-order valence-electron chi connectivity index (χ2n) is 4.50. The molecule has 0 fully saturated rings. The van der Waals surface area contributed by atoms with Crippen LogP contribution in [0.2, 0.25) is 0 Å². The summed E-state index contributed by atoms with van der Waals surface area (Å²) in [5, 5.41) is 2.78. The van der Waals surface area contributed by atoms with E-state index in [1.54, 1.807) is 6.92 Å². The van der Waals surface area contributed by atoms with Gasteiger partial charge in [-0.3, -0.25) is 4.79 Å². The Morgan fingerprint density at radius 3 is 2.68 bits per heavy atom. The maximum atomic E-state index is 11.4. The molecule has 0 aliphatic carbocycles. The number of carbonyl (C=O) groups excluding carboxylic acids is 1. The molecule has 0 aliphatic rings. The number of carbonyl (C=O) groups is 1. The van der Waals surface area contributed by atoms with Gasteiger partial charge in [0.2, 0.25) is 5.91 Å². The number of aryl methyl sites for hydroxylation is 1. The van der Waals surface area contributed by atoms with Crippen LogP contribution in [0.25, 0.3) is 0 Å². The summed E-state index contributed by atoms with van der Waals surface area (Å²) in [6, 6.07) is 7.39. The molecule has 0 heterocycles. The Balaban J connectivity index is 0.00000324. The fourth-order valence-corrected chi connectivity index (χ4v) is 1.53. The first-order valence-corrected chi connectivity index (χ1v) is 6.29. The standard InChI is InChI=1S/C14H22N2O2.ClH/c1-4-12(9-16-14(17)11(3)15)18-13-7-5-6-10(2)8-13;/h5-8,11-12H,4,9,15H2,1-3H3,(H,16,17);1H/t11-,12?;/m0./s1. The van der Waals surface area contributed by atoms with E-state index in [4.69, 9.17) is 10.5 Å². The second kappa shape index (κ2) is 8.77. The molecule has 108 valence electrons. The van der Waals surface area contributed by atoms with Crippen molar-refractivity contribution in [3.05, 3.63) is 29.8 Å². The van der Waals surface area contributed by atoms with Crippen molar-refractivity contribution in [1.82, 2.24) is 5.32 Å². The molecule has 0 saturated carbocycles. The molecule has 2 atom stereocenters. The van der Waals surface area contributed by atoms with Crippen LogP contribution in [0.1, 0.15) is 25.8 Å². The quantitative estimate of drug-likeness (QED) is 0.841. The zero-order valence-electron chi connectivity index (χ0n) is 11.7. The van der Waals surface area contributed by atoms with Crippen molar-refractivity contribution in [3.63, 3.8) is 0 Å². The summed E-state index contributed by atoms with van der Waals surface area (Å²) < 4.78 is 5.82. The van der Waals surface area contributed by atoms with Crippen LogP contribution in [0.3, 0.4) is 0 Å². The summed E-state index contributed by atoms with van der Waals surface area (Å²) in [5.41, 5.74) is 6.64. The number of amides is 1. The van der Waals surface area contributed by atoms with Crippen molar-refractivity contribution < 1.29 is 9.53 Å². The van der Waals surface area contributed by atoms with Crippen LogP contribution in [0.5, 0.6) is 5.75 Å². The maximum absolute atomic E-state index is 11.4. The molecule has 1 unspecified atom stereocenters. The Morgan fingerprint density at radius 1 is 1.47 bits per heavy atom. The van der Waals surface area contributed by atoms with Gasteiger partial charge in [0, 0.05) is 0 Å². The van der Waals surface area contributed by atoms with Gasteiger partial charge in [-0.25, -0.2) is 0 Å².